The van der Waals surface area contributed by atoms with Gasteiger partial charge in [-0.05, 0) is 55.5 Å². The number of benzene rings is 2. The molecular weight excluding hydrogens is 436 g/mol. The minimum absolute atomic E-state index is 0.104. The smallest absolute Gasteiger partial charge is 0.338 e. The van der Waals surface area contributed by atoms with Crippen molar-refractivity contribution in [2.45, 2.75) is 13.3 Å². The summed E-state index contributed by atoms with van der Waals surface area (Å²) in [6.07, 6.45) is 2.97. The van der Waals surface area contributed by atoms with E-state index in [0.717, 1.165) is 6.42 Å². The van der Waals surface area contributed by atoms with Crippen LogP contribution in [0.2, 0.25) is 0 Å². The molecule has 2 fully saturated rings. The Morgan fingerprint density at radius 3 is 2.62 bits per heavy atom. The van der Waals surface area contributed by atoms with Crippen molar-refractivity contribution in [3.05, 3.63) is 65.7 Å². The van der Waals surface area contributed by atoms with Crippen molar-refractivity contribution in [2.24, 2.45) is 23.7 Å². The number of methoxy groups -OCH3 is 1. The van der Waals surface area contributed by atoms with E-state index >= 15 is 0 Å². The molecular formula is C26H24N2O6. The standard InChI is InChI=1S/C26H24N2O6/c1-14-9-16-11-20(14)23-22(16)24(30)28(25(23)31)18-7-3-5-15(10-18)26(32)34-13-21(29)27-17-6-4-8-19(12-17)33-2/h3-10,12,16,20,22-23H,11,13H2,1-2H3,(H,27,29)/t16-,20+,22-,23+/m0/s1. The van der Waals surface area contributed by atoms with E-state index in [-0.39, 0.29) is 41.0 Å². The molecule has 2 bridgehead atoms. The van der Waals surface area contributed by atoms with E-state index in [2.05, 4.69) is 11.4 Å². The molecule has 34 heavy (non-hydrogen) atoms. The Labute approximate surface area is 196 Å². The fraction of sp³-hybridized carbons (Fsp3) is 0.308. The van der Waals surface area contributed by atoms with Gasteiger partial charge in [-0.15, -0.1) is 0 Å². The molecule has 0 unspecified atom stereocenters. The van der Waals surface area contributed by atoms with Gasteiger partial charge in [0.1, 0.15) is 5.75 Å². The zero-order valence-corrected chi connectivity index (χ0v) is 18.8. The second-order valence-corrected chi connectivity index (χ2v) is 8.89. The molecule has 2 aromatic rings. The second kappa shape index (κ2) is 8.44. The maximum Gasteiger partial charge on any atom is 0.338 e. The minimum Gasteiger partial charge on any atom is -0.497 e. The molecule has 3 amide bonds. The van der Waals surface area contributed by atoms with Crippen LogP contribution in [0.25, 0.3) is 0 Å². The largest absolute Gasteiger partial charge is 0.497 e. The van der Waals surface area contributed by atoms with E-state index in [1.165, 1.54) is 29.7 Å². The number of amides is 3. The van der Waals surface area contributed by atoms with Gasteiger partial charge < -0.3 is 14.8 Å². The van der Waals surface area contributed by atoms with Gasteiger partial charge >= 0.3 is 5.97 Å². The normalized spacial score (nSPS) is 24.6. The molecule has 1 saturated heterocycles. The summed E-state index contributed by atoms with van der Waals surface area (Å²) in [5.74, 6) is -1.49. The molecule has 174 valence electrons. The fourth-order valence-corrected chi connectivity index (χ4v) is 5.41. The molecule has 2 aromatic carbocycles. The van der Waals surface area contributed by atoms with Crippen molar-refractivity contribution in [3.8, 4) is 5.75 Å². The summed E-state index contributed by atoms with van der Waals surface area (Å²) in [6, 6.07) is 13.0. The van der Waals surface area contributed by atoms with Gasteiger partial charge in [0.05, 0.1) is 30.2 Å². The van der Waals surface area contributed by atoms with E-state index in [9.17, 15) is 19.2 Å². The summed E-state index contributed by atoms with van der Waals surface area (Å²) in [6.45, 7) is 1.53. The lowest BCUT2D eigenvalue weighted by Gasteiger charge is -2.19. The molecule has 8 nitrogen and oxygen atoms in total. The monoisotopic (exact) mass is 460 g/mol. The van der Waals surface area contributed by atoms with Gasteiger partial charge in [0, 0.05) is 11.8 Å². The summed E-state index contributed by atoms with van der Waals surface area (Å²) in [5, 5.41) is 2.63. The summed E-state index contributed by atoms with van der Waals surface area (Å²) in [5.41, 5.74) is 2.19. The number of imide groups is 1. The predicted molar refractivity (Wildman–Crippen MR) is 123 cm³/mol. The quantitative estimate of drug-likeness (QED) is 0.404. The number of esters is 1. The highest BCUT2D eigenvalue weighted by Gasteiger charge is 2.60. The van der Waals surface area contributed by atoms with Crippen molar-refractivity contribution in [2.75, 3.05) is 23.9 Å². The maximum absolute atomic E-state index is 13.1. The number of fused-ring (bicyclic) bond motifs is 5. The number of nitrogens with one attached hydrogen (secondary N) is 1. The van der Waals surface area contributed by atoms with Crippen LogP contribution in [0.15, 0.2) is 60.2 Å². The van der Waals surface area contributed by atoms with Crippen LogP contribution in [0.3, 0.4) is 0 Å². The zero-order valence-electron chi connectivity index (χ0n) is 18.8. The topological polar surface area (TPSA) is 102 Å². The van der Waals surface area contributed by atoms with Gasteiger partial charge in [-0.1, -0.05) is 23.8 Å². The average molecular weight is 460 g/mol. The first-order valence-corrected chi connectivity index (χ1v) is 11.1. The van der Waals surface area contributed by atoms with Crippen LogP contribution in [-0.2, 0) is 19.1 Å². The molecule has 0 spiro atoms. The molecule has 4 atom stereocenters. The third-order valence-corrected chi connectivity index (χ3v) is 6.91. The van der Waals surface area contributed by atoms with Crippen LogP contribution in [0.5, 0.6) is 5.75 Å². The van der Waals surface area contributed by atoms with Gasteiger partial charge in [0.15, 0.2) is 6.61 Å². The van der Waals surface area contributed by atoms with Crippen LogP contribution in [0.1, 0.15) is 23.7 Å². The number of rotatable bonds is 6. The lowest BCUT2D eigenvalue weighted by molar-refractivity contribution is -0.123. The second-order valence-electron chi connectivity index (χ2n) is 8.89. The van der Waals surface area contributed by atoms with Crippen molar-refractivity contribution >= 4 is 35.1 Å². The van der Waals surface area contributed by atoms with Crippen molar-refractivity contribution in [1.82, 2.24) is 0 Å². The molecule has 1 aliphatic heterocycles. The van der Waals surface area contributed by atoms with Crippen LogP contribution < -0.4 is 15.0 Å². The number of carbonyl (C=O) groups is 4. The van der Waals surface area contributed by atoms with Crippen molar-refractivity contribution in [1.29, 1.82) is 0 Å². The van der Waals surface area contributed by atoms with Crippen LogP contribution in [-0.4, -0.2) is 37.4 Å². The SMILES string of the molecule is COc1cccc(NC(=O)COC(=O)c2cccc(N3C(=O)[C@@H]4[C@H](C3=O)[C@@H]3C[C@@H]4C=C3C)c2)c1. The van der Waals surface area contributed by atoms with E-state index in [1.807, 2.05) is 6.92 Å². The fourth-order valence-electron chi connectivity index (χ4n) is 5.41. The number of ether oxygens (including phenoxy) is 2. The number of anilines is 2. The Kier molecular flexibility index (Phi) is 5.43. The molecule has 3 aliphatic rings. The maximum atomic E-state index is 13.1. The van der Waals surface area contributed by atoms with E-state index < -0.39 is 18.5 Å². The van der Waals surface area contributed by atoms with Gasteiger partial charge in [-0.25, -0.2) is 9.69 Å². The minimum atomic E-state index is -0.723. The predicted octanol–water partition coefficient (Wildman–Crippen LogP) is 3.19. The lowest BCUT2D eigenvalue weighted by Crippen LogP contribution is -2.33. The van der Waals surface area contributed by atoms with Crippen molar-refractivity contribution < 1.29 is 28.7 Å². The summed E-state index contributed by atoms with van der Waals surface area (Å²) in [4.78, 5) is 52.2. The Hall–Kier alpha value is -3.94. The van der Waals surface area contributed by atoms with Gasteiger partial charge in [-0.3, -0.25) is 14.4 Å². The molecule has 0 aromatic heterocycles. The van der Waals surface area contributed by atoms with Crippen LogP contribution >= 0.6 is 0 Å². The highest BCUT2D eigenvalue weighted by molar-refractivity contribution is 6.23. The number of nitrogens with zero attached hydrogens (tertiary/aromatic N) is 1. The molecule has 1 saturated carbocycles. The van der Waals surface area contributed by atoms with E-state index in [0.29, 0.717) is 17.1 Å². The lowest BCUT2D eigenvalue weighted by atomic mass is 9.82. The third-order valence-electron chi connectivity index (χ3n) is 6.91. The summed E-state index contributed by atoms with van der Waals surface area (Å²) in [7, 11) is 1.52. The molecule has 1 heterocycles. The molecule has 2 aliphatic carbocycles. The molecule has 0 radical (unpaired) electrons. The number of allylic oxidation sites excluding steroid dienone is 2. The Morgan fingerprint density at radius 2 is 1.82 bits per heavy atom. The number of hydrogen-bond donors (Lipinski definition) is 1. The van der Waals surface area contributed by atoms with E-state index in [4.69, 9.17) is 9.47 Å². The number of carbonyl (C=O) groups excluding carboxylic acids is 4. The molecule has 1 N–H and O–H groups in total. The first-order chi connectivity index (χ1) is 16.4. The van der Waals surface area contributed by atoms with E-state index in [1.54, 1.807) is 36.4 Å². The summed E-state index contributed by atoms with van der Waals surface area (Å²) < 4.78 is 10.3. The Bertz CT molecular complexity index is 1240. The Balaban J connectivity index is 1.25. The Morgan fingerprint density at radius 1 is 1.06 bits per heavy atom. The first kappa shape index (κ1) is 21.9. The summed E-state index contributed by atoms with van der Waals surface area (Å²) >= 11 is 0. The highest BCUT2D eigenvalue weighted by atomic mass is 16.5. The first-order valence-electron chi connectivity index (χ1n) is 11.1. The van der Waals surface area contributed by atoms with Gasteiger partial charge in [0.25, 0.3) is 5.91 Å². The van der Waals surface area contributed by atoms with Crippen LogP contribution in [0, 0.1) is 23.7 Å². The third kappa shape index (κ3) is 3.65. The van der Waals surface area contributed by atoms with Gasteiger partial charge in [-0.2, -0.15) is 0 Å². The molecule has 8 heteroatoms. The van der Waals surface area contributed by atoms with Crippen molar-refractivity contribution in [3.63, 3.8) is 0 Å². The molecule has 5 rings (SSSR count). The number of hydrogen-bond acceptors (Lipinski definition) is 6. The van der Waals surface area contributed by atoms with Gasteiger partial charge in [0.2, 0.25) is 11.8 Å². The highest BCUT2D eigenvalue weighted by Crippen LogP contribution is 2.55. The average Bonchev–Trinajstić information content (AvgIpc) is 3.47. The van der Waals surface area contributed by atoms with Crippen LogP contribution in [0.4, 0.5) is 11.4 Å². The zero-order chi connectivity index (χ0) is 24.0.